The fraction of sp³-hybridized carbons (Fsp3) is 0.455. The zero-order valence-electron chi connectivity index (χ0n) is 17.1. The molecule has 1 saturated heterocycles. The molecule has 1 heterocycles. The summed E-state index contributed by atoms with van der Waals surface area (Å²) in [6.45, 7) is 3.94. The van der Waals surface area contributed by atoms with Crippen LogP contribution < -0.4 is 11.1 Å². The molecule has 2 atom stereocenters. The van der Waals surface area contributed by atoms with Crippen LogP contribution in [0.2, 0.25) is 0 Å². The lowest BCUT2D eigenvalue weighted by Crippen LogP contribution is -2.39. The van der Waals surface area contributed by atoms with Gasteiger partial charge in [-0.05, 0) is 61.2 Å². The van der Waals surface area contributed by atoms with Gasteiger partial charge in [0, 0.05) is 31.1 Å². The molecule has 1 aliphatic heterocycles. The molecule has 0 aromatic heterocycles. The fourth-order valence-electron chi connectivity index (χ4n) is 3.91. The van der Waals surface area contributed by atoms with E-state index in [4.69, 9.17) is 5.73 Å². The molecule has 176 valence electrons. The van der Waals surface area contributed by atoms with Crippen LogP contribution in [0, 0.1) is 11.6 Å². The minimum Gasteiger partial charge on any atom is -0.328 e. The molecule has 0 bridgehead atoms. The molecule has 3 nitrogen and oxygen atoms in total. The van der Waals surface area contributed by atoms with Crippen molar-refractivity contribution in [3.05, 3.63) is 70.8 Å². The second kappa shape index (κ2) is 13.8. The highest BCUT2D eigenvalue weighted by Crippen LogP contribution is 2.41. The van der Waals surface area contributed by atoms with Crippen molar-refractivity contribution in [2.24, 2.45) is 5.73 Å². The molecule has 0 radical (unpaired) electrons. The van der Waals surface area contributed by atoms with Gasteiger partial charge in [-0.2, -0.15) is 0 Å². The van der Waals surface area contributed by atoms with E-state index in [1.54, 1.807) is 6.07 Å². The third kappa shape index (κ3) is 8.32. The van der Waals surface area contributed by atoms with Gasteiger partial charge in [0.05, 0.1) is 0 Å². The number of benzene rings is 2. The van der Waals surface area contributed by atoms with E-state index in [0.717, 1.165) is 51.0 Å². The second-order valence-electron chi connectivity index (χ2n) is 7.93. The topological polar surface area (TPSA) is 41.3 Å². The largest absolute Gasteiger partial charge is 0.328 e. The molecule has 2 aliphatic rings. The maximum Gasteiger partial charge on any atom is 0.159 e. The van der Waals surface area contributed by atoms with Gasteiger partial charge in [-0.3, -0.25) is 4.90 Å². The Morgan fingerprint density at radius 3 is 2.10 bits per heavy atom. The van der Waals surface area contributed by atoms with Crippen LogP contribution in [0.1, 0.15) is 41.9 Å². The quantitative estimate of drug-likeness (QED) is 0.553. The summed E-state index contributed by atoms with van der Waals surface area (Å²) in [7, 11) is 0. The van der Waals surface area contributed by atoms with Crippen molar-refractivity contribution in [1.29, 1.82) is 0 Å². The standard InChI is InChI=1S/C22H27F2N3.4ClH/c23-20-6-5-17(11-21(20)24)19-12-22(19)26-13-15-1-3-16(4-2-15)14-27-9-7-18(25)8-10-27;;;;/h1-6,11,18-19,22,26H,7-10,12-14,25H2;4*1H/t19-,22+;;;;/m0..../s1. The molecule has 3 N–H and O–H groups in total. The summed E-state index contributed by atoms with van der Waals surface area (Å²) in [6.07, 6.45) is 3.14. The van der Waals surface area contributed by atoms with Crippen LogP contribution in [0.25, 0.3) is 0 Å². The summed E-state index contributed by atoms with van der Waals surface area (Å²) in [5, 5.41) is 3.52. The molecule has 0 spiro atoms. The Morgan fingerprint density at radius 1 is 0.871 bits per heavy atom. The summed E-state index contributed by atoms with van der Waals surface area (Å²) in [5.41, 5.74) is 9.42. The van der Waals surface area contributed by atoms with Gasteiger partial charge < -0.3 is 11.1 Å². The zero-order valence-corrected chi connectivity index (χ0v) is 20.4. The highest BCUT2D eigenvalue weighted by molar-refractivity contribution is 5.86. The number of nitrogens with zero attached hydrogens (tertiary/aromatic N) is 1. The molecular weight excluding hydrogens is 486 g/mol. The van der Waals surface area contributed by atoms with Gasteiger partial charge in [0.1, 0.15) is 0 Å². The van der Waals surface area contributed by atoms with Crippen molar-refractivity contribution in [3.8, 4) is 0 Å². The number of nitrogens with one attached hydrogen (secondary N) is 1. The first-order chi connectivity index (χ1) is 13.1. The SMILES string of the molecule is Cl.Cl.Cl.Cl.NC1CCN(Cc2ccc(CN[C@@H]3C[C@H]3c3ccc(F)c(F)c3)cc2)CC1. The lowest BCUT2D eigenvalue weighted by atomic mass is 10.0. The van der Waals surface area contributed by atoms with Gasteiger partial charge in [-0.15, -0.1) is 49.6 Å². The molecule has 1 aliphatic carbocycles. The van der Waals surface area contributed by atoms with Crippen molar-refractivity contribution in [2.75, 3.05) is 13.1 Å². The predicted molar refractivity (Wildman–Crippen MR) is 132 cm³/mol. The van der Waals surface area contributed by atoms with Crippen LogP contribution in [0.3, 0.4) is 0 Å². The third-order valence-electron chi connectivity index (χ3n) is 5.79. The Hall–Kier alpha value is -0.660. The van der Waals surface area contributed by atoms with Gasteiger partial charge in [0.25, 0.3) is 0 Å². The number of rotatable bonds is 6. The average Bonchev–Trinajstić information content (AvgIpc) is 3.45. The number of hydrogen-bond donors (Lipinski definition) is 2. The molecule has 2 fully saturated rings. The Labute approximate surface area is 208 Å². The Balaban J connectivity index is 0.00000225. The zero-order chi connectivity index (χ0) is 18.8. The average molecular weight is 517 g/mol. The van der Waals surface area contributed by atoms with E-state index in [9.17, 15) is 8.78 Å². The maximum atomic E-state index is 13.4. The molecule has 1 saturated carbocycles. The molecule has 2 aromatic rings. The van der Waals surface area contributed by atoms with Crippen LogP contribution >= 0.6 is 49.6 Å². The predicted octanol–water partition coefficient (Wildman–Crippen LogP) is 5.22. The first-order valence-corrected chi connectivity index (χ1v) is 9.82. The summed E-state index contributed by atoms with van der Waals surface area (Å²) in [4.78, 5) is 2.47. The van der Waals surface area contributed by atoms with Gasteiger partial charge in [0.15, 0.2) is 11.6 Å². The Bertz CT molecular complexity index is 787. The molecule has 0 amide bonds. The van der Waals surface area contributed by atoms with Gasteiger partial charge in [0.2, 0.25) is 0 Å². The molecule has 31 heavy (non-hydrogen) atoms. The van der Waals surface area contributed by atoms with Crippen molar-refractivity contribution in [1.82, 2.24) is 10.2 Å². The number of nitrogens with two attached hydrogens (primary N) is 1. The highest BCUT2D eigenvalue weighted by atomic mass is 35.5. The third-order valence-corrected chi connectivity index (χ3v) is 5.79. The number of hydrogen-bond acceptors (Lipinski definition) is 3. The molecule has 4 rings (SSSR count). The van der Waals surface area contributed by atoms with E-state index in [0.29, 0.717) is 12.1 Å². The van der Waals surface area contributed by atoms with Crippen molar-refractivity contribution < 1.29 is 8.78 Å². The maximum absolute atomic E-state index is 13.4. The van der Waals surface area contributed by atoms with E-state index >= 15 is 0 Å². The number of halogens is 6. The summed E-state index contributed by atoms with van der Waals surface area (Å²) in [5.74, 6) is -1.26. The van der Waals surface area contributed by atoms with E-state index in [1.807, 2.05) is 0 Å². The fourth-order valence-corrected chi connectivity index (χ4v) is 3.91. The normalized spacial score (nSPS) is 20.5. The minimum absolute atomic E-state index is 0. The lowest BCUT2D eigenvalue weighted by Gasteiger charge is -2.30. The van der Waals surface area contributed by atoms with Crippen LogP contribution in [0.4, 0.5) is 8.78 Å². The summed E-state index contributed by atoms with van der Waals surface area (Å²) >= 11 is 0. The minimum atomic E-state index is -0.781. The van der Waals surface area contributed by atoms with E-state index in [-0.39, 0.29) is 55.5 Å². The van der Waals surface area contributed by atoms with Crippen LogP contribution in [-0.4, -0.2) is 30.1 Å². The number of piperidine rings is 1. The van der Waals surface area contributed by atoms with Gasteiger partial charge in [-0.25, -0.2) is 8.78 Å². The van der Waals surface area contributed by atoms with E-state index in [2.05, 4.69) is 34.5 Å². The monoisotopic (exact) mass is 515 g/mol. The molecule has 2 aromatic carbocycles. The smallest absolute Gasteiger partial charge is 0.159 e. The summed E-state index contributed by atoms with van der Waals surface area (Å²) < 4.78 is 26.4. The van der Waals surface area contributed by atoms with Crippen LogP contribution in [0.5, 0.6) is 0 Å². The van der Waals surface area contributed by atoms with E-state index < -0.39 is 11.6 Å². The second-order valence-corrected chi connectivity index (χ2v) is 7.93. The van der Waals surface area contributed by atoms with Crippen molar-refractivity contribution in [2.45, 2.75) is 50.4 Å². The first-order valence-electron chi connectivity index (χ1n) is 9.82. The molecule has 9 heteroatoms. The van der Waals surface area contributed by atoms with Crippen molar-refractivity contribution in [3.63, 3.8) is 0 Å². The lowest BCUT2D eigenvalue weighted by molar-refractivity contribution is 0.205. The van der Waals surface area contributed by atoms with Gasteiger partial charge in [-0.1, -0.05) is 30.3 Å². The Kier molecular flexibility index (Phi) is 13.5. The highest BCUT2D eigenvalue weighted by Gasteiger charge is 2.38. The van der Waals surface area contributed by atoms with E-state index in [1.165, 1.54) is 23.3 Å². The van der Waals surface area contributed by atoms with Gasteiger partial charge >= 0.3 is 0 Å². The number of likely N-dealkylation sites (tertiary alicyclic amines) is 1. The van der Waals surface area contributed by atoms with Crippen LogP contribution in [0.15, 0.2) is 42.5 Å². The van der Waals surface area contributed by atoms with Crippen molar-refractivity contribution >= 4 is 49.6 Å². The molecule has 0 unspecified atom stereocenters. The Morgan fingerprint density at radius 2 is 1.48 bits per heavy atom. The molecular formula is C22H31Cl4F2N3. The first kappa shape index (κ1) is 30.3. The summed E-state index contributed by atoms with van der Waals surface area (Å²) in [6, 6.07) is 13.7. The van der Waals surface area contributed by atoms with Crippen LogP contribution in [-0.2, 0) is 13.1 Å².